The summed E-state index contributed by atoms with van der Waals surface area (Å²) >= 11 is 0. The zero-order valence-corrected chi connectivity index (χ0v) is 9.84. The van der Waals surface area contributed by atoms with Gasteiger partial charge >= 0.3 is 0 Å². The Bertz CT molecular complexity index is 326. The minimum absolute atomic E-state index is 0.248. The summed E-state index contributed by atoms with van der Waals surface area (Å²) in [4.78, 5) is 2.33. The Balaban J connectivity index is 2.03. The van der Waals surface area contributed by atoms with Gasteiger partial charge in [-0.2, -0.15) is 0 Å². The summed E-state index contributed by atoms with van der Waals surface area (Å²) in [5.74, 6) is 0.973. The molecule has 0 bridgehead atoms. The first-order valence-corrected chi connectivity index (χ1v) is 5.99. The van der Waals surface area contributed by atoms with Crippen LogP contribution < -0.4 is 0 Å². The number of aliphatic hydroxyl groups is 1. The average Bonchev–Trinajstić information content (AvgIpc) is 2.56. The fraction of sp³-hybridized carbons (Fsp3) is 0.818. The molecule has 2 heterocycles. The second-order valence-electron chi connectivity index (χ2n) is 4.51. The highest BCUT2D eigenvalue weighted by molar-refractivity contribution is 4.87. The fourth-order valence-corrected chi connectivity index (χ4v) is 2.28. The van der Waals surface area contributed by atoms with Crippen molar-refractivity contribution in [1.29, 1.82) is 0 Å². The fourth-order valence-electron chi connectivity index (χ4n) is 2.28. The Hall–Kier alpha value is -0.940. The van der Waals surface area contributed by atoms with Crippen molar-refractivity contribution in [2.75, 3.05) is 13.2 Å². The molecule has 1 N–H and O–H groups in total. The van der Waals surface area contributed by atoms with Crippen LogP contribution in [0.1, 0.15) is 31.5 Å². The van der Waals surface area contributed by atoms with Crippen LogP contribution in [0.15, 0.2) is 6.33 Å². The molecule has 0 radical (unpaired) electrons. The molecule has 90 valence electrons. The van der Waals surface area contributed by atoms with Gasteiger partial charge in [0.2, 0.25) is 0 Å². The van der Waals surface area contributed by atoms with Crippen LogP contribution in [0.4, 0.5) is 0 Å². The molecular formula is C11H20N4O. The highest BCUT2D eigenvalue weighted by Crippen LogP contribution is 2.18. The second kappa shape index (κ2) is 5.41. The Morgan fingerprint density at radius 3 is 3.00 bits per heavy atom. The van der Waals surface area contributed by atoms with Crippen LogP contribution in [0.3, 0.4) is 0 Å². The smallest absolute Gasteiger partial charge is 0.146 e. The molecule has 1 unspecified atom stereocenters. The first-order valence-electron chi connectivity index (χ1n) is 5.99. The summed E-state index contributed by atoms with van der Waals surface area (Å²) < 4.78 is 1.94. The third kappa shape index (κ3) is 2.59. The topological polar surface area (TPSA) is 54.2 Å². The van der Waals surface area contributed by atoms with Crippen LogP contribution in [0.5, 0.6) is 0 Å². The van der Waals surface area contributed by atoms with Gasteiger partial charge in [-0.15, -0.1) is 10.2 Å². The summed E-state index contributed by atoms with van der Waals surface area (Å²) in [6.45, 7) is 2.09. The van der Waals surface area contributed by atoms with Crippen molar-refractivity contribution in [2.45, 2.75) is 38.3 Å². The number of hydrogen-bond donors (Lipinski definition) is 1. The van der Waals surface area contributed by atoms with Gasteiger partial charge in [-0.05, 0) is 19.4 Å². The number of aryl methyl sites for hydroxylation is 1. The molecule has 0 saturated carbocycles. The second-order valence-corrected chi connectivity index (χ2v) is 4.51. The number of aliphatic hydroxyl groups excluding tert-OH is 1. The number of hydrogen-bond acceptors (Lipinski definition) is 4. The quantitative estimate of drug-likeness (QED) is 0.814. The van der Waals surface area contributed by atoms with Crippen LogP contribution in [0.2, 0.25) is 0 Å². The summed E-state index contributed by atoms with van der Waals surface area (Å²) in [6, 6.07) is 0.291. The van der Waals surface area contributed by atoms with Crippen molar-refractivity contribution in [3.63, 3.8) is 0 Å². The molecule has 0 aromatic carbocycles. The third-order valence-electron chi connectivity index (χ3n) is 3.36. The molecule has 1 atom stereocenters. The minimum Gasteiger partial charge on any atom is -0.395 e. The van der Waals surface area contributed by atoms with E-state index in [9.17, 15) is 5.11 Å². The maximum absolute atomic E-state index is 9.40. The third-order valence-corrected chi connectivity index (χ3v) is 3.36. The van der Waals surface area contributed by atoms with Gasteiger partial charge in [0.25, 0.3) is 0 Å². The average molecular weight is 224 g/mol. The van der Waals surface area contributed by atoms with Crippen molar-refractivity contribution < 1.29 is 5.11 Å². The van der Waals surface area contributed by atoms with Crippen LogP contribution in [0.25, 0.3) is 0 Å². The van der Waals surface area contributed by atoms with E-state index in [4.69, 9.17) is 0 Å². The standard InChI is InChI=1S/C11H20N4O/c1-14-9-12-13-11(14)7-15-6-4-2-3-5-10(15)8-16/h9-10,16H,2-8H2,1H3. The lowest BCUT2D eigenvalue weighted by Gasteiger charge is -2.27. The highest BCUT2D eigenvalue weighted by atomic mass is 16.3. The minimum atomic E-state index is 0.248. The van der Waals surface area contributed by atoms with E-state index >= 15 is 0 Å². The Morgan fingerprint density at radius 2 is 2.31 bits per heavy atom. The molecular weight excluding hydrogens is 204 g/mol. The van der Waals surface area contributed by atoms with Crippen LogP contribution in [-0.4, -0.2) is 44.0 Å². The van der Waals surface area contributed by atoms with Gasteiger partial charge in [0, 0.05) is 13.1 Å². The number of likely N-dealkylation sites (tertiary alicyclic amines) is 1. The molecule has 1 fully saturated rings. The van der Waals surface area contributed by atoms with Crippen molar-refractivity contribution >= 4 is 0 Å². The normalized spacial score (nSPS) is 23.2. The Labute approximate surface area is 96.1 Å². The molecule has 16 heavy (non-hydrogen) atoms. The van der Waals surface area contributed by atoms with E-state index in [1.807, 2.05) is 11.6 Å². The number of rotatable bonds is 3. The predicted molar refractivity (Wildman–Crippen MR) is 60.8 cm³/mol. The van der Waals surface area contributed by atoms with Crippen molar-refractivity contribution in [3.8, 4) is 0 Å². The van der Waals surface area contributed by atoms with Gasteiger partial charge in [-0.25, -0.2) is 0 Å². The van der Waals surface area contributed by atoms with Gasteiger partial charge in [-0.1, -0.05) is 12.8 Å². The lowest BCUT2D eigenvalue weighted by molar-refractivity contribution is 0.115. The molecule has 5 heteroatoms. The van der Waals surface area contributed by atoms with Crippen molar-refractivity contribution in [2.24, 2.45) is 7.05 Å². The van der Waals surface area contributed by atoms with Gasteiger partial charge < -0.3 is 9.67 Å². The van der Waals surface area contributed by atoms with E-state index in [1.165, 1.54) is 19.3 Å². The summed E-state index contributed by atoms with van der Waals surface area (Å²) in [7, 11) is 1.96. The first-order chi connectivity index (χ1) is 7.81. The SMILES string of the molecule is Cn1cnnc1CN1CCCCCC1CO. The van der Waals surface area contributed by atoms with E-state index in [0.717, 1.165) is 25.3 Å². The van der Waals surface area contributed by atoms with Crippen LogP contribution in [-0.2, 0) is 13.6 Å². The molecule has 1 saturated heterocycles. The van der Waals surface area contributed by atoms with Gasteiger partial charge in [-0.3, -0.25) is 4.90 Å². The van der Waals surface area contributed by atoms with E-state index in [0.29, 0.717) is 6.04 Å². The molecule has 1 aliphatic heterocycles. The summed E-state index contributed by atoms with van der Waals surface area (Å²) in [6.07, 6.45) is 6.52. The van der Waals surface area contributed by atoms with Gasteiger partial charge in [0.05, 0.1) is 13.2 Å². The van der Waals surface area contributed by atoms with Crippen molar-refractivity contribution in [3.05, 3.63) is 12.2 Å². The zero-order valence-electron chi connectivity index (χ0n) is 9.84. The summed E-state index contributed by atoms with van der Waals surface area (Å²) in [5.41, 5.74) is 0. The number of nitrogens with zero attached hydrogens (tertiary/aromatic N) is 4. The molecule has 1 aromatic heterocycles. The maximum Gasteiger partial charge on any atom is 0.146 e. The lowest BCUT2D eigenvalue weighted by atomic mass is 10.1. The Kier molecular flexibility index (Phi) is 3.90. The number of aromatic nitrogens is 3. The first kappa shape index (κ1) is 11.5. The van der Waals surface area contributed by atoms with Gasteiger partial charge in [0.15, 0.2) is 0 Å². The van der Waals surface area contributed by atoms with E-state index in [-0.39, 0.29) is 6.61 Å². The molecule has 0 aliphatic carbocycles. The molecule has 2 rings (SSSR count). The van der Waals surface area contributed by atoms with Crippen molar-refractivity contribution in [1.82, 2.24) is 19.7 Å². The monoisotopic (exact) mass is 224 g/mol. The largest absolute Gasteiger partial charge is 0.395 e. The van der Waals surface area contributed by atoms with E-state index in [2.05, 4.69) is 15.1 Å². The summed E-state index contributed by atoms with van der Waals surface area (Å²) in [5, 5.41) is 17.4. The molecule has 1 aliphatic rings. The zero-order chi connectivity index (χ0) is 11.4. The predicted octanol–water partition coefficient (Wildman–Crippen LogP) is 0.552. The highest BCUT2D eigenvalue weighted by Gasteiger charge is 2.21. The molecule has 0 spiro atoms. The maximum atomic E-state index is 9.40. The van der Waals surface area contributed by atoms with Gasteiger partial charge in [0.1, 0.15) is 12.2 Å². The molecule has 1 aromatic rings. The molecule has 0 amide bonds. The lowest BCUT2D eigenvalue weighted by Crippen LogP contribution is -2.37. The van der Waals surface area contributed by atoms with E-state index in [1.54, 1.807) is 6.33 Å². The van der Waals surface area contributed by atoms with Crippen LogP contribution in [0, 0.1) is 0 Å². The Morgan fingerprint density at radius 1 is 1.44 bits per heavy atom. The van der Waals surface area contributed by atoms with Crippen LogP contribution >= 0.6 is 0 Å². The van der Waals surface area contributed by atoms with E-state index < -0.39 is 0 Å². The molecule has 5 nitrogen and oxygen atoms in total.